The zero-order valence-corrected chi connectivity index (χ0v) is 10.1. The average Bonchev–Trinajstić information content (AvgIpc) is 2.20. The van der Waals surface area contributed by atoms with Gasteiger partial charge in [0, 0.05) is 20.3 Å². The second kappa shape index (κ2) is 4.34. The van der Waals surface area contributed by atoms with Crippen LogP contribution in [0.2, 0.25) is 5.15 Å². The summed E-state index contributed by atoms with van der Waals surface area (Å²) in [6.07, 6.45) is 0.915. The molecule has 5 nitrogen and oxygen atoms in total. The molecule has 16 heavy (non-hydrogen) atoms. The van der Waals surface area contributed by atoms with Crippen LogP contribution in [0.1, 0.15) is 0 Å². The molecule has 0 amide bonds. The fraction of sp³-hybridized carbons (Fsp3) is 0.250. The largest absolute Gasteiger partial charge is 0.353 e. The first-order valence-corrected chi connectivity index (χ1v) is 5.95. The zero-order chi connectivity index (χ0) is 12.5. The van der Waals surface area contributed by atoms with Gasteiger partial charge in [-0.2, -0.15) is 0 Å². The van der Waals surface area contributed by atoms with E-state index in [-0.39, 0.29) is 0 Å². The Hall–Kier alpha value is -1.21. The molecule has 0 atom stereocenters. The van der Waals surface area contributed by atoms with Crippen LogP contribution in [0.4, 0.5) is 4.39 Å². The van der Waals surface area contributed by atoms with Crippen LogP contribution in [0, 0.1) is 11.2 Å². The van der Waals surface area contributed by atoms with Gasteiger partial charge in [-0.1, -0.05) is 11.6 Å². The standard InChI is InChI=1S/C8H9ClFN3O2S/c1-13(2)8(11)16(14,15)5-3-6(10)7(9)12-4-5/h3-4,11H,1-2H3. The molecule has 88 valence electrons. The third-order valence-electron chi connectivity index (χ3n) is 1.74. The molecule has 0 saturated carbocycles. The monoisotopic (exact) mass is 265 g/mol. The minimum Gasteiger partial charge on any atom is -0.353 e. The van der Waals surface area contributed by atoms with Crippen LogP contribution < -0.4 is 0 Å². The van der Waals surface area contributed by atoms with Crippen molar-refractivity contribution in [1.82, 2.24) is 9.88 Å². The van der Waals surface area contributed by atoms with Crippen molar-refractivity contribution in [2.45, 2.75) is 4.90 Å². The van der Waals surface area contributed by atoms with E-state index in [1.54, 1.807) is 0 Å². The van der Waals surface area contributed by atoms with E-state index in [2.05, 4.69) is 4.98 Å². The first kappa shape index (κ1) is 12.9. The molecule has 1 aromatic heterocycles. The van der Waals surface area contributed by atoms with Crippen LogP contribution in [0.5, 0.6) is 0 Å². The van der Waals surface area contributed by atoms with Crippen molar-refractivity contribution in [3.8, 4) is 0 Å². The second-order valence-electron chi connectivity index (χ2n) is 3.15. The van der Waals surface area contributed by atoms with Crippen LogP contribution >= 0.6 is 11.6 Å². The summed E-state index contributed by atoms with van der Waals surface area (Å²) in [6, 6.07) is 0.739. The Bertz CT molecular complexity index is 530. The molecule has 1 aromatic rings. The van der Waals surface area contributed by atoms with E-state index >= 15 is 0 Å². The predicted molar refractivity (Wildman–Crippen MR) is 57.8 cm³/mol. The van der Waals surface area contributed by atoms with Gasteiger partial charge in [0.2, 0.25) is 15.0 Å². The molecule has 0 spiro atoms. The van der Waals surface area contributed by atoms with E-state index in [4.69, 9.17) is 17.0 Å². The van der Waals surface area contributed by atoms with E-state index in [1.165, 1.54) is 14.1 Å². The smallest absolute Gasteiger partial charge is 0.240 e. The number of amidine groups is 1. The topological polar surface area (TPSA) is 74.1 Å². The number of rotatable bonds is 1. The number of sulfone groups is 1. The summed E-state index contributed by atoms with van der Waals surface area (Å²) in [5, 5.41) is 6.31. The van der Waals surface area contributed by atoms with Crippen molar-refractivity contribution in [3.05, 3.63) is 23.2 Å². The first-order valence-electron chi connectivity index (χ1n) is 4.09. The number of pyridine rings is 1. The Balaban J connectivity index is 3.29. The molecular formula is C8H9ClFN3O2S. The van der Waals surface area contributed by atoms with Crippen LogP contribution in [0.25, 0.3) is 0 Å². The number of nitrogens with one attached hydrogen (secondary N) is 1. The van der Waals surface area contributed by atoms with Crippen molar-refractivity contribution < 1.29 is 12.8 Å². The van der Waals surface area contributed by atoms with Crippen LogP contribution in [0.3, 0.4) is 0 Å². The summed E-state index contributed by atoms with van der Waals surface area (Å²) in [5.74, 6) is -0.936. The molecule has 0 aromatic carbocycles. The van der Waals surface area contributed by atoms with Gasteiger partial charge in [-0.15, -0.1) is 0 Å². The van der Waals surface area contributed by atoms with Crippen molar-refractivity contribution in [3.63, 3.8) is 0 Å². The van der Waals surface area contributed by atoms with Crippen LogP contribution in [-0.2, 0) is 9.84 Å². The van der Waals surface area contributed by atoms with Crippen molar-refractivity contribution in [2.24, 2.45) is 0 Å². The van der Waals surface area contributed by atoms with Crippen LogP contribution in [0.15, 0.2) is 17.2 Å². The van der Waals surface area contributed by atoms with Gasteiger partial charge in [0.05, 0.1) is 4.90 Å². The van der Waals surface area contributed by atoms with E-state index in [0.717, 1.165) is 17.2 Å². The normalized spacial score (nSPS) is 11.2. The van der Waals surface area contributed by atoms with Gasteiger partial charge < -0.3 is 4.90 Å². The molecule has 1 N–H and O–H groups in total. The summed E-state index contributed by atoms with van der Waals surface area (Å²) in [7, 11) is -1.22. The second-order valence-corrected chi connectivity index (χ2v) is 5.37. The van der Waals surface area contributed by atoms with E-state index in [1.807, 2.05) is 0 Å². The van der Waals surface area contributed by atoms with Crippen molar-refractivity contribution in [2.75, 3.05) is 14.1 Å². The highest BCUT2D eigenvalue weighted by Gasteiger charge is 2.24. The predicted octanol–water partition coefficient (Wildman–Crippen LogP) is 1.14. The molecular weight excluding hydrogens is 257 g/mol. The Labute approximate surface area is 97.3 Å². The molecule has 0 fully saturated rings. The summed E-state index contributed by atoms with van der Waals surface area (Å²) in [6.45, 7) is 0. The average molecular weight is 266 g/mol. The number of nitrogens with zero attached hydrogens (tertiary/aromatic N) is 2. The molecule has 0 saturated heterocycles. The fourth-order valence-corrected chi connectivity index (χ4v) is 2.16. The lowest BCUT2D eigenvalue weighted by molar-refractivity contribution is 0.580. The number of hydrogen-bond donors (Lipinski definition) is 1. The van der Waals surface area contributed by atoms with Gasteiger partial charge in [0.15, 0.2) is 11.0 Å². The molecule has 1 rings (SSSR count). The highest BCUT2D eigenvalue weighted by molar-refractivity contribution is 8.06. The zero-order valence-electron chi connectivity index (χ0n) is 8.53. The summed E-state index contributed by atoms with van der Waals surface area (Å²) >= 11 is 5.33. The molecule has 0 aliphatic carbocycles. The lowest BCUT2D eigenvalue weighted by Crippen LogP contribution is -2.29. The summed E-state index contributed by atoms with van der Waals surface area (Å²) in [5.41, 5.74) is 0. The highest BCUT2D eigenvalue weighted by atomic mass is 35.5. The highest BCUT2D eigenvalue weighted by Crippen LogP contribution is 2.17. The Kier molecular flexibility index (Phi) is 3.49. The SMILES string of the molecule is CN(C)C(=N)S(=O)(=O)c1cnc(Cl)c(F)c1. The van der Waals surface area contributed by atoms with Gasteiger partial charge >= 0.3 is 0 Å². The van der Waals surface area contributed by atoms with E-state index in [0.29, 0.717) is 0 Å². The molecule has 0 bridgehead atoms. The van der Waals surface area contributed by atoms with E-state index in [9.17, 15) is 12.8 Å². The Morgan fingerprint density at radius 2 is 2.12 bits per heavy atom. The molecule has 1 heterocycles. The van der Waals surface area contributed by atoms with Crippen molar-refractivity contribution in [1.29, 1.82) is 5.41 Å². The Morgan fingerprint density at radius 3 is 2.56 bits per heavy atom. The molecule has 0 radical (unpaired) electrons. The third kappa shape index (κ3) is 2.30. The first-order chi connectivity index (χ1) is 7.26. The number of hydrogen-bond acceptors (Lipinski definition) is 4. The van der Waals surface area contributed by atoms with Crippen LogP contribution in [-0.4, -0.2) is 37.6 Å². The molecule has 0 aliphatic rings. The van der Waals surface area contributed by atoms with Gasteiger partial charge in [0.1, 0.15) is 0 Å². The van der Waals surface area contributed by atoms with Gasteiger partial charge in [0.25, 0.3) is 0 Å². The maximum atomic E-state index is 13.0. The lowest BCUT2D eigenvalue weighted by Gasteiger charge is -2.13. The summed E-state index contributed by atoms with van der Waals surface area (Å²) < 4.78 is 36.5. The van der Waals surface area contributed by atoms with Gasteiger partial charge in [-0.3, -0.25) is 5.41 Å². The third-order valence-corrected chi connectivity index (χ3v) is 3.74. The minimum atomic E-state index is -4.03. The molecule has 0 aliphatic heterocycles. The van der Waals surface area contributed by atoms with Crippen molar-refractivity contribution >= 4 is 26.6 Å². The molecule has 8 heteroatoms. The van der Waals surface area contributed by atoms with E-state index < -0.39 is 30.9 Å². The van der Waals surface area contributed by atoms with Gasteiger partial charge in [-0.05, 0) is 6.07 Å². The fourth-order valence-electron chi connectivity index (χ4n) is 0.903. The lowest BCUT2D eigenvalue weighted by atomic mass is 10.5. The van der Waals surface area contributed by atoms with Gasteiger partial charge in [-0.25, -0.2) is 17.8 Å². The quantitative estimate of drug-likeness (QED) is 0.469. The number of aromatic nitrogens is 1. The number of halogens is 2. The summed E-state index contributed by atoms with van der Waals surface area (Å²) in [4.78, 5) is 4.09. The maximum Gasteiger partial charge on any atom is 0.240 e. The maximum absolute atomic E-state index is 13.0. The Morgan fingerprint density at radius 1 is 1.56 bits per heavy atom. The minimum absolute atomic E-state index is 0.395. The molecule has 0 unspecified atom stereocenters.